The standard InChI is InChI=1S/C20H16N2O3S/c1-15-19(20(21-25-15)17-7-3-2-4-8-17)16-9-11-18(12-10-16)26(23,24)22-13-5-6-14-22/h2-14H,1H3. The van der Waals surface area contributed by atoms with Gasteiger partial charge in [-0.15, -0.1) is 0 Å². The van der Waals surface area contributed by atoms with Crippen molar-refractivity contribution >= 4 is 10.0 Å². The molecule has 26 heavy (non-hydrogen) atoms. The topological polar surface area (TPSA) is 65.1 Å². The molecule has 2 aromatic heterocycles. The molecule has 0 N–H and O–H groups in total. The van der Waals surface area contributed by atoms with E-state index in [4.69, 9.17) is 4.52 Å². The molecular formula is C20H16N2O3S. The summed E-state index contributed by atoms with van der Waals surface area (Å²) in [5, 5.41) is 4.18. The summed E-state index contributed by atoms with van der Waals surface area (Å²) in [5.41, 5.74) is 3.41. The number of benzene rings is 2. The molecule has 0 amide bonds. The van der Waals surface area contributed by atoms with Crippen LogP contribution in [0.1, 0.15) is 5.76 Å². The Morgan fingerprint density at radius 1 is 0.846 bits per heavy atom. The van der Waals surface area contributed by atoms with Gasteiger partial charge in [0.1, 0.15) is 11.5 Å². The Balaban J connectivity index is 1.77. The van der Waals surface area contributed by atoms with Gasteiger partial charge in [0.05, 0.1) is 10.5 Å². The van der Waals surface area contributed by atoms with E-state index in [1.807, 2.05) is 37.3 Å². The Hall–Kier alpha value is -3.12. The third-order valence-corrected chi connectivity index (χ3v) is 5.87. The van der Waals surface area contributed by atoms with Crippen LogP contribution < -0.4 is 0 Å². The molecule has 0 aliphatic heterocycles. The average molecular weight is 364 g/mol. The fourth-order valence-corrected chi connectivity index (χ4v) is 4.08. The highest BCUT2D eigenvalue weighted by atomic mass is 32.2. The molecule has 0 radical (unpaired) electrons. The van der Waals surface area contributed by atoms with E-state index in [1.54, 1.807) is 36.4 Å². The summed E-state index contributed by atoms with van der Waals surface area (Å²) < 4.78 is 31.7. The fourth-order valence-electron chi connectivity index (χ4n) is 2.90. The van der Waals surface area contributed by atoms with E-state index in [1.165, 1.54) is 16.4 Å². The maximum absolute atomic E-state index is 12.6. The van der Waals surface area contributed by atoms with Gasteiger partial charge in [0.2, 0.25) is 0 Å². The zero-order chi connectivity index (χ0) is 18.1. The van der Waals surface area contributed by atoms with Crippen molar-refractivity contribution in [2.45, 2.75) is 11.8 Å². The van der Waals surface area contributed by atoms with E-state index in [0.29, 0.717) is 5.76 Å². The molecule has 4 aromatic rings. The third kappa shape index (κ3) is 2.74. The molecule has 0 unspecified atom stereocenters. The van der Waals surface area contributed by atoms with Crippen LogP contribution in [0, 0.1) is 6.92 Å². The van der Waals surface area contributed by atoms with Crippen molar-refractivity contribution in [3.63, 3.8) is 0 Å². The molecule has 0 fully saturated rings. The lowest BCUT2D eigenvalue weighted by Crippen LogP contribution is -2.10. The van der Waals surface area contributed by atoms with Crippen LogP contribution in [0.25, 0.3) is 22.4 Å². The predicted octanol–water partition coefficient (Wildman–Crippen LogP) is 4.36. The Morgan fingerprint density at radius 2 is 1.50 bits per heavy atom. The first-order valence-corrected chi connectivity index (χ1v) is 9.52. The second-order valence-corrected chi connectivity index (χ2v) is 7.71. The van der Waals surface area contributed by atoms with Gasteiger partial charge in [-0.25, -0.2) is 12.4 Å². The minimum atomic E-state index is -3.58. The van der Waals surface area contributed by atoms with Gasteiger partial charge in [0.15, 0.2) is 0 Å². The molecule has 0 aliphatic carbocycles. The molecule has 2 aromatic carbocycles. The first-order chi connectivity index (χ1) is 12.6. The number of aryl methyl sites for hydroxylation is 1. The Kier molecular flexibility index (Phi) is 3.97. The van der Waals surface area contributed by atoms with Crippen LogP contribution in [0.4, 0.5) is 0 Å². The summed E-state index contributed by atoms with van der Waals surface area (Å²) in [6.45, 7) is 1.85. The van der Waals surface area contributed by atoms with Crippen LogP contribution in [0.3, 0.4) is 0 Å². The highest BCUT2D eigenvalue weighted by Gasteiger charge is 2.19. The number of rotatable bonds is 4. The summed E-state index contributed by atoms with van der Waals surface area (Å²) in [6, 6.07) is 19.9. The average Bonchev–Trinajstić information content (AvgIpc) is 3.33. The van der Waals surface area contributed by atoms with Gasteiger partial charge in [0.25, 0.3) is 10.0 Å². The van der Waals surface area contributed by atoms with Crippen LogP contribution in [0.2, 0.25) is 0 Å². The Labute approximate surface area is 151 Å². The van der Waals surface area contributed by atoms with E-state index in [0.717, 1.165) is 22.4 Å². The second-order valence-electron chi connectivity index (χ2n) is 5.87. The molecule has 0 aliphatic rings. The Bertz CT molecular complexity index is 1130. The second kappa shape index (κ2) is 6.31. The van der Waals surface area contributed by atoms with Gasteiger partial charge in [-0.2, -0.15) is 0 Å². The van der Waals surface area contributed by atoms with Gasteiger partial charge < -0.3 is 4.52 Å². The molecule has 0 spiro atoms. The lowest BCUT2D eigenvalue weighted by molar-refractivity contribution is 0.400. The molecule has 6 heteroatoms. The number of hydrogen-bond donors (Lipinski definition) is 0. The minimum absolute atomic E-state index is 0.229. The maximum atomic E-state index is 12.6. The summed E-state index contributed by atoms with van der Waals surface area (Å²) in [7, 11) is -3.58. The smallest absolute Gasteiger partial charge is 0.267 e. The number of aromatic nitrogens is 2. The lowest BCUT2D eigenvalue weighted by Gasteiger charge is -2.07. The van der Waals surface area contributed by atoms with Gasteiger partial charge in [-0.1, -0.05) is 47.6 Å². The summed E-state index contributed by atoms with van der Waals surface area (Å²) >= 11 is 0. The molecule has 0 saturated carbocycles. The fraction of sp³-hybridized carbons (Fsp3) is 0.0500. The van der Waals surface area contributed by atoms with Crippen LogP contribution >= 0.6 is 0 Å². The van der Waals surface area contributed by atoms with Crippen molar-refractivity contribution in [3.8, 4) is 22.4 Å². The van der Waals surface area contributed by atoms with E-state index in [9.17, 15) is 8.42 Å². The lowest BCUT2D eigenvalue weighted by atomic mass is 10.00. The minimum Gasteiger partial charge on any atom is -0.360 e. The normalized spacial score (nSPS) is 11.6. The van der Waals surface area contributed by atoms with Crippen LogP contribution in [-0.2, 0) is 10.0 Å². The summed E-state index contributed by atoms with van der Waals surface area (Å²) in [4.78, 5) is 0.229. The molecule has 0 saturated heterocycles. The third-order valence-electron chi connectivity index (χ3n) is 4.21. The maximum Gasteiger partial charge on any atom is 0.267 e. The SMILES string of the molecule is Cc1onc(-c2ccccc2)c1-c1ccc(S(=O)(=O)n2cccc2)cc1. The van der Waals surface area contributed by atoms with Crippen molar-refractivity contribution in [1.82, 2.24) is 9.13 Å². The summed E-state index contributed by atoms with van der Waals surface area (Å²) in [5.74, 6) is 0.685. The molecule has 2 heterocycles. The highest BCUT2D eigenvalue weighted by molar-refractivity contribution is 7.90. The first kappa shape index (κ1) is 16.4. The van der Waals surface area contributed by atoms with E-state index >= 15 is 0 Å². The zero-order valence-corrected chi connectivity index (χ0v) is 14.8. The molecule has 130 valence electrons. The quantitative estimate of drug-likeness (QED) is 0.540. The summed E-state index contributed by atoms with van der Waals surface area (Å²) in [6.07, 6.45) is 3.03. The van der Waals surface area contributed by atoms with Crippen molar-refractivity contribution in [2.24, 2.45) is 0 Å². The molecule has 5 nitrogen and oxygen atoms in total. The van der Waals surface area contributed by atoms with Crippen molar-refractivity contribution < 1.29 is 12.9 Å². The van der Waals surface area contributed by atoms with E-state index in [-0.39, 0.29) is 4.90 Å². The molecule has 4 rings (SSSR count). The molecule has 0 atom stereocenters. The van der Waals surface area contributed by atoms with Crippen molar-refractivity contribution in [3.05, 3.63) is 84.9 Å². The largest absolute Gasteiger partial charge is 0.360 e. The van der Waals surface area contributed by atoms with E-state index < -0.39 is 10.0 Å². The monoisotopic (exact) mass is 364 g/mol. The molecular weight excluding hydrogens is 348 g/mol. The van der Waals surface area contributed by atoms with Crippen LogP contribution in [0.15, 0.2) is 88.5 Å². The van der Waals surface area contributed by atoms with Crippen molar-refractivity contribution in [2.75, 3.05) is 0 Å². The van der Waals surface area contributed by atoms with Gasteiger partial charge in [-0.3, -0.25) is 0 Å². The zero-order valence-electron chi connectivity index (χ0n) is 14.0. The predicted molar refractivity (Wildman–Crippen MR) is 99.1 cm³/mol. The highest BCUT2D eigenvalue weighted by Crippen LogP contribution is 2.34. The molecule has 0 bridgehead atoms. The Morgan fingerprint density at radius 3 is 2.15 bits per heavy atom. The van der Waals surface area contributed by atoms with Crippen molar-refractivity contribution in [1.29, 1.82) is 0 Å². The van der Waals surface area contributed by atoms with Gasteiger partial charge in [-0.05, 0) is 36.8 Å². The van der Waals surface area contributed by atoms with Crippen LogP contribution in [0.5, 0.6) is 0 Å². The number of nitrogens with zero attached hydrogens (tertiary/aromatic N) is 2. The first-order valence-electron chi connectivity index (χ1n) is 8.08. The number of hydrogen-bond acceptors (Lipinski definition) is 4. The van der Waals surface area contributed by atoms with Crippen LogP contribution in [-0.4, -0.2) is 17.5 Å². The van der Waals surface area contributed by atoms with E-state index in [2.05, 4.69) is 5.16 Å². The van der Waals surface area contributed by atoms with Gasteiger partial charge >= 0.3 is 0 Å². The van der Waals surface area contributed by atoms with Gasteiger partial charge in [0, 0.05) is 18.0 Å².